The number of aliphatic hydroxyl groups is 1. The summed E-state index contributed by atoms with van der Waals surface area (Å²) in [7, 11) is 0. The minimum absolute atomic E-state index is 0.128. The van der Waals surface area contributed by atoms with Crippen LogP contribution in [-0.2, 0) is 0 Å². The van der Waals surface area contributed by atoms with Crippen LogP contribution in [0.3, 0.4) is 0 Å². The largest absolute Gasteiger partial charge is 0.386 e. The van der Waals surface area contributed by atoms with Gasteiger partial charge in [0.25, 0.3) is 0 Å². The Bertz CT molecular complexity index is 764. The molecule has 1 nitrogen and oxygen atoms in total. The van der Waals surface area contributed by atoms with Crippen molar-refractivity contribution >= 4 is 0 Å². The molecule has 0 amide bonds. The van der Waals surface area contributed by atoms with Crippen molar-refractivity contribution in [3.8, 4) is 0 Å². The number of rotatable bonds is 8. The highest BCUT2D eigenvalue weighted by Gasteiger charge is 2.40. The molecule has 1 unspecified atom stereocenters. The van der Waals surface area contributed by atoms with Gasteiger partial charge in [0, 0.05) is 0 Å². The molecule has 32 heavy (non-hydrogen) atoms. The number of halogens is 1. The van der Waals surface area contributed by atoms with E-state index in [4.69, 9.17) is 0 Å². The van der Waals surface area contributed by atoms with E-state index in [1.165, 1.54) is 24.0 Å². The van der Waals surface area contributed by atoms with E-state index in [2.05, 4.69) is 58.6 Å². The van der Waals surface area contributed by atoms with Crippen LogP contribution in [0.1, 0.15) is 99.3 Å². The SMILES string of the molecule is C=C1/C(=C\C=C2/CCC[C@](C)(/C(=C\C)[C@@H](C)C/C=C/C(O)(CC)CC)C2C)CCC[C@@H]1F. The van der Waals surface area contributed by atoms with Gasteiger partial charge in [-0.05, 0) is 93.1 Å². The average molecular weight is 443 g/mol. The molecule has 2 aliphatic carbocycles. The lowest BCUT2D eigenvalue weighted by molar-refractivity contribution is 0.0824. The van der Waals surface area contributed by atoms with Crippen LogP contribution in [0.5, 0.6) is 0 Å². The molecular weight excluding hydrogens is 395 g/mol. The van der Waals surface area contributed by atoms with Gasteiger partial charge < -0.3 is 5.11 Å². The summed E-state index contributed by atoms with van der Waals surface area (Å²) in [6, 6.07) is 0. The van der Waals surface area contributed by atoms with Crippen molar-refractivity contribution in [3.05, 3.63) is 59.3 Å². The molecule has 1 N–H and O–H groups in total. The number of hydrogen-bond donors (Lipinski definition) is 1. The van der Waals surface area contributed by atoms with Gasteiger partial charge in [-0.3, -0.25) is 0 Å². The van der Waals surface area contributed by atoms with Crippen LogP contribution >= 0.6 is 0 Å². The van der Waals surface area contributed by atoms with E-state index in [0.29, 0.717) is 23.8 Å². The first-order valence-electron chi connectivity index (χ1n) is 12.9. The fourth-order valence-electron chi connectivity index (χ4n) is 5.81. The first-order valence-corrected chi connectivity index (χ1v) is 12.9. The van der Waals surface area contributed by atoms with Gasteiger partial charge in [0.15, 0.2) is 0 Å². The third kappa shape index (κ3) is 6.13. The molecule has 180 valence electrons. The molecule has 0 bridgehead atoms. The van der Waals surface area contributed by atoms with Gasteiger partial charge in [0.1, 0.15) is 6.17 Å². The summed E-state index contributed by atoms with van der Waals surface area (Å²) in [5.41, 5.74) is 4.24. The van der Waals surface area contributed by atoms with Crippen LogP contribution in [0.15, 0.2) is 59.3 Å². The number of alkyl halides is 1. The van der Waals surface area contributed by atoms with Gasteiger partial charge in [0.05, 0.1) is 5.60 Å². The first kappa shape index (κ1) is 26.8. The Hall–Kier alpha value is -1.41. The van der Waals surface area contributed by atoms with Gasteiger partial charge in [-0.25, -0.2) is 4.39 Å². The fraction of sp³-hybridized carbons (Fsp3) is 0.667. The summed E-state index contributed by atoms with van der Waals surface area (Å²) in [4.78, 5) is 0. The van der Waals surface area contributed by atoms with Gasteiger partial charge in [-0.15, -0.1) is 0 Å². The zero-order valence-electron chi connectivity index (χ0n) is 21.5. The molecule has 0 aromatic heterocycles. The molecule has 2 rings (SSSR count). The maximum absolute atomic E-state index is 14.1. The normalized spacial score (nSPS) is 31.6. The van der Waals surface area contributed by atoms with E-state index in [-0.39, 0.29) is 5.41 Å². The smallest absolute Gasteiger partial charge is 0.125 e. The van der Waals surface area contributed by atoms with Crippen LogP contribution < -0.4 is 0 Å². The lowest BCUT2D eigenvalue weighted by atomic mass is 9.59. The van der Waals surface area contributed by atoms with E-state index in [1.54, 1.807) is 0 Å². The van der Waals surface area contributed by atoms with Crippen LogP contribution in [0.4, 0.5) is 4.39 Å². The molecule has 2 fully saturated rings. The molecule has 0 aromatic carbocycles. The topological polar surface area (TPSA) is 20.2 Å². The van der Waals surface area contributed by atoms with E-state index in [9.17, 15) is 9.50 Å². The summed E-state index contributed by atoms with van der Waals surface area (Å²) >= 11 is 0. The lowest BCUT2D eigenvalue weighted by Gasteiger charge is -2.45. The fourth-order valence-corrected chi connectivity index (χ4v) is 5.81. The third-order valence-corrected chi connectivity index (χ3v) is 8.51. The summed E-state index contributed by atoms with van der Waals surface area (Å²) in [5.74, 6) is 0.886. The van der Waals surface area contributed by atoms with Crippen LogP contribution in [0.25, 0.3) is 0 Å². The highest BCUT2D eigenvalue weighted by Crippen LogP contribution is 2.51. The maximum atomic E-state index is 14.1. The molecule has 2 saturated carbocycles. The van der Waals surface area contributed by atoms with Crippen LogP contribution in [0.2, 0.25) is 0 Å². The van der Waals surface area contributed by atoms with Crippen molar-refractivity contribution in [2.24, 2.45) is 17.3 Å². The predicted octanol–water partition coefficient (Wildman–Crippen LogP) is 8.82. The molecule has 0 saturated heterocycles. The molecular formula is C30H47FO. The van der Waals surface area contributed by atoms with Gasteiger partial charge in [-0.2, -0.15) is 0 Å². The van der Waals surface area contributed by atoms with Crippen molar-refractivity contribution in [1.82, 2.24) is 0 Å². The summed E-state index contributed by atoms with van der Waals surface area (Å²) < 4.78 is 14.1. The zero-order chi connectivity index (χ0) is 23.9. The highest BCUT2D eigenvalue weighted by atomic mass is 19.1. The van der Waals surface area contributed by atoms with E-state index >= 15 is 0 Å². The summed E-state index contributed by atoms with van der Waals surface area (Å²) in [6.45, 7) is 17.4. The first-order chi connectivity index (χ1) is 15.1. The Balaban J connectivity index is 2.19. The second-order valence-corrected chi connectivity index (χ2v) is 10.4. The Kier molecular flexibility index (Phi) is 9.76. The Morgan fingerprint density at radius 2 is 1.94 bits per heavy atom. The average Bonchev–Trinajstić information content (AvgIpc) is 2.77. The molecule has 0 heterocycles. The monoisotopic (exact) mass is 442 g/mol. The van der Waals surface area contributed by atoms with Gasteiger partial charge >= 0.3 is 0 Å². The molecule has 0 radical (unpaired) electrons. The van der Waals surface area contributed by atoms with Crippen LogP contribution in [-0.4, -0.2) is 16.9 Å². The quantitative estimate of drug-likeness (QED) is 0.372. The Labute approximate surface area is 197 Å². The van der Waals surface area contributed by atoms with Crippen molar-refractivity contribution in [2.45, 2.75) is 111 Å². The number of hydrogen-bond acceptors (Lipinski definition) is 1. The Morgan fingerprint density at radius 1 is 1.25 bits per heavy atom. The zero-order valence-corrected chi connectivity index (χ0v) is 21.5. The van der Waals surface area contributed by atoms with Crippen LogP contribution in [0, 0.1) is 17.3 Å². The van der Waals surface area contributed by atoms with Crippen molar-refractivity contribution in [1.29, 1.82) is 0 Å². The Morgan fingerprint density at radius 3 is 2.56 bits per heavy atom. The van der Waals surface area contributed by atoms with E-state index < -0.39 is 11.8 Å². The minimum Gasteiger partial charge on any atom is -0.386 e. The van der Waals surface area contributed by atoms with Crippen molar-refractivity contribution < 1.29 is 9.50 Å². The van der Waals surface area contributed by atoms with E-state index in [0.717, 1.165) is 44.1 Å². The van der Waals surface area contributed by atoms with E-state index in [1.807, 2.05) is 19.9 Å². The lowest BCUT2D eigenvalue weighted by Crippen LogP contribution is -2.35. The molecule has 2 aliphatic rings. The highest BCUT2D eigenvalue weighted by molar-refractivity contribution is 5.38. The molecule has 2 heteroatoms. The second-order valence-electron chi connectivity index (χ2n) is 10.4. The van der Waals surface area contributed by atoms with Crippen molar-refractivity contribution in [3.63, 3.8) is 0 Å². The van der Waals surface area contributed by atoms with Crippen molar-refractivity contribution in [2.75, 3.05) is 0 Å². The van der Waals surface area contributed by atoms with Gasteiger partial charge in [-0.1, -0.05) is 82.7 Å². The maximum Gasteiger partial charge on any atom is 0.125 e. The molecule has 0 spiro atoms. The predicted molar refractivity (Wildman–Crippen MR) is 137 cm³/mol. The molecule has 0 aromatic rings. The minimum atomic E-state index is -0.871. The summed E-state index contributed by atoms with van der Waals surface area (Å²) in [6.07, 6.45) is 18.5. The standard InChI is InChI=1S/C30H47FO/c1-8-27(22(4)14-12-21-30(32,9-2)10-3)29(7)20-13-16-26(24(29)6)19-18-25-15-11-17-28(31)23(25)5/h8,12,18-19,21-22,24,28,32H,5,9-11,13-17,20H2,1-4,6-7H3/b21-12+,25-18-,26-19+,27-8-/t22-,24?,28-,29-/m0/s1. The second kappa shape index (κ2) is 11.6. The molecule has 4 atom stereocenters. The number of allylic oxidation sites excluding steroid dienone is 8. The third-order valence-electron chi connectivity index (χ3n) is 8.51. The molecule has 0 aliphatic heterocycles. The summed E-state index contributed by atoms with van der Waals surface area (Å²) in [5, 5.41) is 10.6. The van der Waals surface area contributed by atoms with Gasteiger partial charge in [0.2, 0.25) is 0 Å².